The number of thioether (sulfide) groups is 1. The van der Waals surface area contributed by atoms with Crippen LogP contribution in [-0.2, 0) is 14.3 Å². The summed E-state index contributed by atoms with van der Waals surface area (Å²) >= 11 is 1.49. The van der Waals surface area contributed by atoms with E-state index in [9.17, 15) is 14.4 Å². The molecule has 0 saturated heterocycles. The van der Waals surface area contributed by atoms with Gasteiger partial charge in [-0.05, 0) is 18.4 Å². The predicted molar refractivity (Wildman–Crippen MR) is 75.8 cm³/mol. The lowest BCUT2D eigenvalue weighted by Crippen LogP contribution is -2.48. The Balaban J connectivity index is 3.95. The fourth-order valence-corrected chi connectivity index (χ4v) is 1.69. The van der Waals surface area contributed by atoms with E-state index in [0.29, 0.717) is 25.3 Å². The van der Waals surface area contributed by atoms with Crippen LogP contribution in [0.4, 0.5) is 4.79 Å². The third-order valence-corrected chi connectivity index (χ3v) is 2.90. The van der Waals surface area contributed by atoms with Gasteiger partial charge in [0.2, 0.25) is 5.91 Å². The quantitative estimate of drug-likeness (QED) is 0.395. The molecule has 0 radical (unpaired) electrons. The number of rotatable bonds is 10. The summed E-state index contributed by atoms with van der Waals surface area (Å²) in [6, 6.07) is -1.64. The number of carbonyl (C=O) groups excluding carboxylic acids is 2. The van der Waals surface area contributed by atoms with Gasteiger partial charge in [-0.15, -0.1) is 0 Å². The number of carboxylic acid groups (broad SMARTS) is 1. The van der Waals surface area contributed by atoms with E-state index in [1.165, 1.54) is 18.9 Å². The number of aliphatic carboxylic acids is 1. The van der Waals surface area contributed by atoms with E-state index in [0.717, 1.165) is 0 Å². The predicted octanol–water partition coefficient (Wildman–Crippen LogP) is -0.745. The van der Waals surface area contributed by atoms with Crippen LogP contribution in [0.3, 0.4) is 0 Å². The van der Waals surface area contributed by atoms with E-state index >= 15 is 0 Å². The fraction of sp³-hybridized carbons (Fsp3) is 0.727. The van der Waals surface area contributed by atoms with E-state index in [2.05, 4.69) is 16.0 Å². The molecule has 0 rings (SSSR count). The maximum Gasteiger partial charge on any atom is 0.326 e. The second-order valence-electron chi connectivity index (χ2n) is 3.84. The van der Waals surface area contributed by atoms with Gasteiger partial charge in [0.15, 0.2) is 0 Å². The van der Waals surface area contributed by atoms with Crippen molar-refractivity contribution in [1.82, 2.24) is 16.0 Å². The second-order valence-corrected chi connectivity index (χ2v) is 4.83. The van der Waals surface area contributed by atoms with Crippen molar-refractivity contribution in [1.29, 1.82) is 0 Å². The van der Waals surface area contributed by atoms with Crippen LogP contribution in [0, 0.1) is 0 Å². The van der Waals surface area contributed by atoms with E-state index in [-0.39, 0.29) is 12.5 Å². The minimum absolute atomic E-state index is 0.218. The summed E-state index contributed by atoms with van der Waals surface area (Å²) in [6.45, 7) is 0.516. The average molecular weight is 307 g/mol. The Morgan fingerprint density at radius 2 is 2.00 bits per heavy atom. The first-order chi connectivity index (χ1) is 9.51. The van der Waals surface area contributed by atoms with Crippen molar-refractivity contribution < 1.29 is 24.2 Å². The monoisotopic (exact) mass is 307 g/mol. The summed E-state index contributed by atoms with van der Waals surface area (Å²) in [5.74, 6) is -0.846. The molecule has 0 bridgehead atoms. The standard InChI is InChI=1S/C11H21N3O5S/c1-19-5-4-12-9(15)7-13-11(18)14-8(10(16)17)3-6-20-2/h8H,3-7H2,1-2H3,(H,12,15)(H,16,17)(H2,13,14,18)/t8-/m0/s1. The zero-order valence-corrected chi connectivity index (χ0v) is 12.4. The van der Waals surface area contributed by atoms with Crippen LogP contribution in [0.5, 0.6) is 0 Å². The lowest BCUT2D eigenvalue weighted by atomic mass is 10.2. The van der Waals surface area contributed by atoms with Gasteiger partial charge in [0.05, 0.1) is 13.2 Å². The smallest absolute Gasteiger partial charge is 0.326 e. The molecule has 0 aliphatic carbocycles. The first-order valence-corrected chi connectivity index (χ1v) is 7.42. The van der Waals surface area contributed by atoms with Crippen molar-refractivity contribution in [2.24, 2.45) is 0 Å². The molecule has 0 spiro atoms. The summed E-state index contributed by atoms with van der Waals surface area (Å²) < 4.78 is 4.75. The van der Waals surface area contributed by atoms with Crippen molar-refractivity contribution in [3.8, 4) is 0 Å². The van der Waals surface area contributed by atoms with Crippen LogP contribution in [0.1, 0.15) is 6.42 Å². The van der Waals surface area contributed by atoms with E-state index in [1.807, 2.05) is 6.26 Å². The van der Waals surface area contributed by atoms with Crippen LogP contribution in [-0.4, -0.2) is 67.9 Å². The number of nitrogens with one attached hydrogen (secondary N) is 3. The molecular weight excluding hydrogens is 286 g/mol. The number of urea groups is 1. The van der Waals surface area contributed by atoms with Gasteiger partial charge < -0.3 is 25.8 Å². The molecular formula is C11H21N3O5S. The Hall–Kier alpha value is -1.48. The number of amides is 3. The molecule has 3 amide bonds. The first kappa shape index (κ1) is 18.5. The minimum atomic E-state index is -1.10. The highest BCUT2D eigenvalue weighted by Crippen LogP contribution is 2.00. The van der Waals surface area contributed by atoms with Crippen molar-refractivity contribution in [3.63, 3.8) is 0 Å². The van der Waals surface area contributed by atoms with Gasteiger partial charge in [0.1, 0.15) is 6.04 Å². The Bertz CT molecular complexity index is 327. The SMILES string of the molecule is COCCNC(=O)CNC(=O)N[C@@H](CCSC)C(=O)O. The third-order valence-electron chi connectivity index (χ3n) is 2.25. The van der Waals surface area contributed by atoms with Gasteiger partial charge >= 0.3 is 12.0 Å². The normalized spacial score (nSPS) is 11.5. The molecule has 0 aromatic heterocycles. The highest BCUT2D eigenvalue weighted by atomic mass is 32.2. The van der Waals surface area contributed by atoms with E-state index < -0.39 is 18.0 Å². The summed E-state index contributed by atoms with van der Waals surface area (Å²) in [4.78, 5) is 33.7. The number of hydrogen-bond acceptors (Lipinski definition) is 5. The molecule has 8 nitrogen and oxygen atoms in total. The number of carbonyl (C=O) groups is 3. The summed E-state index contributed by atoms with van der Waals surface area (Å²) in [5, 5.41) is 16.1. The largest absolute Gasteiger partial charge is 0.480 e. The molecule has 0 heterocycles. The van der Waals surface area contributed by atoms with Gasteiger partial charge in [0.25, 0.3) is 0 Å². The van der Waals surface area contributed by atoms with Crippen molar-refractivity contribution in [3.05, 3.63) is 0 Å². The second kappa shape index (κ2) is 11.4. The maximum atomic E-state index is 11.5. The zero-order valence-electron chi connectivity index (χ0n) is 11.6. The molecule has 0 aromatic carbocycles. The number of carboxylic acids is 1. The fourth-order valence-electron chi connectivity index (χ4n) is 1.22. The Morgan fingerprint density at radius 3 is 2.55 bits per heavy atom. The van der Waals surface area contributed by atoms with Crippen LogP contribution in [0.15, 0.2) is 0 Å². The summed E-state index contributed by atoms with van der Waals surface area (Å²) in [7, 11) is 1.51. The van der Waals surface area contributed by atoms with Crippen LogP contribution in [0.2, 0.25) is 0 Å². The zero-order chi connectivity index (χ0) is 15.4. The van der Waals surface area contributed by atoms with Gasteiger partial charge in [-0.2, -0.15) is 11.8 Å². The molecule has 20 heavy (non-hydrogen) atoms. The Labute approximate surface area is 122 Å². The average Bonchev–Trinajstić information content (AvgIpc) is 2.41. The first-order valence-electron chi connectivity index (χ1n) is 6.03. The lowest BCUT2D eigenvalue weighted by Gasteiger charge is -2.14. The van der Waals surface area contributed by atoms with Gasteiger partial charge in [-0.25, -0.2) is 9.59 Å². The van der Waals surface area contributed by atoms with Crippen molar-refractivity contribution in [2.45, 2.75) is 12.5 Å². The third kappa shape index (κ3) is 9.45. The van der Waals surface area contributed by atoms with Crippen molar-refractivity contribution >= 4 is 29.7 Å². The molecule has 0 unspecified atom stereocenters. The van der Waals surface area contributed by atoms with Gasteiger partial charge in [-0.3, -0.25) is 4.79 Å². The van der Waals surface area contributed by atoms with Gasteiger partial charge in [0, 0.05) is 13.7 Å². The maximum absolute atomic E-state index is 11.5. The van der Waals surface area contributed by atoms with E-state index in [1.54, 1.807) is 0 Å². The number of hydrogen-bond donors (Lipinski definition) is 4. The van der Waals surface area contributed by atoms with Crippen LogP contribution in [0.25, 0.3) is 0 Å². The molecule has 1 atom stereocenters. The highest BCUT2D eigenvalue weighted by Gasteiger charge is 2.19. The van der Waals surface area contributed by atoms with Gasteiger partial charge in [-0.1, -0.05) is 0 Å². The van der Waals surface area contributed by atoms with Crippen molar-refractivity contribution in [2.75, 3.05) is 38.8 Å². The van der Waals surface area contributed by atoms with E-state index in [4.69, 9.17) is 9.84 Å². The van der Waals surface area contributed by atoms with Crippen LogP contribution >= 0.6 is 11.8 Å². The molecule has 0 aliphatic heterocycles. The number of methoxy groups -OCH3 is 1. The number of ether oxygens (including phenoxy) is 1. The topological polar surface area (TPSA) is 117 Å². The molecule has 0 aliphatic rings. The Kier molecular flexibility index (Phi) is 10.5. The summed E-state index contributed by atoms with van der Waals surface area (Å²) in [5.41, 5.74) is 0. The molecule has 0 aromatic rings. The molecule has 116 valence electrons. The molecule has 0 saturated carbocycles. The summed E-state index contributed by atoms with van der Waals surface area (Å²) in [6.07, 6.45) is 2.17. The Morgan fingerprint density at radius 1 is 1.30 bits per heavy atom. The highest BCUT2D eigenvalue weighted by molar-refractivity contribution is 7.98. The minimum Gasteiger partial charge on any atom is -0.480 e. The molecule has 0 fully saturated rings. The lowest BCUT2D eigenvalue weighted by molar-refractivity contribution is -0.139. The van der Waals surface area contributed by atoms with Crippen LogP contribution < -0.4 is 16.0 Å². The molecule has 4 N–H and O–H groups in total. The molecule has 9 heteroatoms.